The van der Waals surface area contributed by atoms with E-state index in [1.807, 2.05) is 24.3 Å². The standard InChI is InChI=1S/C20H20N2O4/c1-24-18-7-2-3-8-19(18)26-14-17-13-22(9-10-25-17)20(23)16-6-4-5-15(11-16)12-21/h2-8,11,17H,9-10,13-14H2,1H3. The Morgan fingerprint density at radius 3 is 2.85 bits per heavy atom. The van der Waals surface area contributed by atoms with E-state index in [-0.39, 0.29) is 12.0 Å². The summed E-state index contributed by atoms with van der Waals surface area (Å²) in [7, 11) is 1.59. The third-order valence-electron chi connectivity index (χ3n) is 4.16. The van der Waals surface area contributed by atoms with E-state index >= 15 is 0 Å². The first-order valence-corrected chi connectivity index (χ1v) is 8.38. The molecule has 1 aliphatic rings. The fourth-order valence-corrected chi connectivity index (χ4v) is 2.83. The van der Waals surface area contributed by atoms with E-state index < -0.39 is 0 Å². The summed E-state index contributed by atoms with van der Waals surface area (Å²) in [6.45, 7) is 1.72. The van der Waals surface area contributed by atoms with Gasteiger partial charge in [0, 0.05) is 12.1 Å². The van der Waals surface area contributed by atoms with Crippen molar-refractivity contribution in [3.63, 3.8) is 0 Å². The lowest BCUT2D eigenvalue weighted by Gasteiger charge is -2.33. The molecule has 0 saturated carbocycles. The van der Waals surface area contributed by atoms with Crippen LogP contribution in [0.4, 0.5) is 0 Å². The zero-order valence-electron chi connectivity index (χ0n) is 14.6. The zero-order chi connectivity index (χ0) is 18.4. The summed E-state index contributed by atoms with van der Waals surface area (Å²) in [5, 5.41) is 9.00. The number of nitrogens with zero attached hydrogens (tertiary/aromatic N) is 2. The van der Waals surface area contributed by atoms with Gasteiger partial charge < -0.3 is 19.1 Å². The van der Waals surface area contributed by atoms with Crippen molar-refractivity contribution in [1.29, 1.82) is 5.26 Å². The van der Waals surface area contributed by atoms with Gasteiger partial charge in [-0.3, -0.25) is 4.79 Å². The second kappa shape index (κ2) is 8.37. The summed E-state index contributed by atoms with van der Waals surface area (Å²) in [5.41, 5.74) is 0.982. The van der Waals surface area contributed by atoms with E-state index in [0.29, 0.717) is 48.9 Å². The maximum atomic E-state index is 12.7. The quantitative estimate of drug-likeness (QED) is 0.827. The van der Waals surface area contributed by atoms with Gasteiger partial charge in [-0.05, 0) is 30.3 Å². The van der Waals surface area contributed by atoms with Crippen molar-refractivity contribution in [2.24, 2.45) is 0 Å². The van der Waals surface area contributed by atoms with E-state index in [2.05, 4.69) is 6.07 Å². The van der Waals surface area contributed by atoms with Crippen LogP contribution < -0.4 is 9.47 Å². The first kappa shape index (κ1) is 17.8. The van der Waals surface area contributed by atoms with Gasteiger partial charge >= 0.3 is 0 Å². The van der Waals surface area contributed by atoms with E-state index in [9.17, 15) is 4.79 Å². The third-order valence-corrected chi connectivity index (χ3v) is 4.16. The molecule has 0 aromatic heterocycles. The molecule has 1 fully saturated rings. The summed E-state index contributed by atoms with van der Waals surface area (Å²) < 4.78 is 16.8. The Labute approximate surface area is 152 Å². The van der Waals surface area contributed by atoms with Crippen LogP contribution >= 0.6 is 0 Å². The van der Waals surface area contributed by atoms with E-state index in [1.54, 1.807) is 36.3 Å². The maximum Gasteiger partial charge on any atom is 0.254 e. The molecule has 2 aromatic carbocycles. The number of para-hydroxylation sites is 2. The first-order chi connectivity index (χ1) is 12.7. The largest absolute Gasteiger partial charge is 0.493 e. The second-order valence-corrected chi connectivity index (χ2v) is 5.90. The van der Waals surface area contributed by atoms with Gasteiger partial charge in [0.2, 0.25) is 0 Å². The lowest BCUT2D eigenvalue weighted by Crippen LogP contribution is -2.47. The SMILES string of the molecule is COc1ccccc1OCC1CN(C(=O)c2cccc(C#N)c2)CCO1. The van der Waals surface area contributed by atoms with Gasteiger partial charge in [-0.2, -0.15) is 5.26 Å². The first-order valence-electron chi connectivity index (χ1n) is 8.38. The minimum atomic E-state index is -0.225. The fraction of sp³-hybridized carbons (Fsp3) is 0.300. The molecule has 1 amide bonds. The Hall–Kier alpha value is -3.04. The Morgan fingerprint density at radius 1 is 1.27 bits per heavy atom. The van der Waals surface area contributed by atoms with Gasteiger partial charge in [0.05, 0.1) is 31.9 Å². The molecule has 26 heavy (non-hydrogen) atoms. The van der Waals surface area contributed by atoms with E-state index in [4.69, 9.17) is 19.5 Å². The third kappa shape index (κ3) is 4.13. The predicted octanol–water partition coefficient (Wildman–Crippen LogP) is 2.49. The van der Waals surface area contributed by atoms with Gasteiger partial charge in [-0.15, -0.1) is 0 Å². The Morgan fingerprint density at radius 2 is 2.08 bits per heavy atom. The molecule has 1 unspecified atom stereocenters. The predicted molar refractivity (Wildman–Crippen MR) is 95.3 cm³/mol. The molecule has 0 radical (unpaired) electrons. The van der Waals surface area contributed by atoms with Crippen LogP contribution in [0.15, 0.2) is 48.5 Å². The van der Waals surface area contributed by atoms with Gasteiger partial charge in [-0.1, -0.05) is 18.2 Å². The molecule has 1 aliphatic heterocycles. The van der Waals surface area contributed by atoms with Gasteiger partial charge in [-0.25, -0.2) is 0 Å². The average Bonchev–Trinajstić information content (AvgIpc) is 2.72. The molecule has 3 rings (SSSR count). The molecule has 6 heteroatoms. The summed E-state index contributed by atoms with van der Waals surface area (Å²) >= 11 is 0. The van der Waals surface area contributed by atoms with Crippen molar-refractivity contribution < 1.29 is 19.0 Å². The molecule has 0 aliphatic carbocycles. The Bertz CT molecular complexity index is 815. The highest BCUT2D eigenvalue weighted by Crippen LogP contribution is 2.26. The average molecular weight is 352 g/mol. The summed E-state index contributed by atoms with van der Waals surface area (Å²) in [6.07, 6.45) is -0.225. The smallest absolute Gasteiger partial charge is 0.254 e. The molecule has 0 N–H and O–H groups in total. The highest BCUT2D eigenvalue weighted by atomic mass is 16.5. The highest BCUT2D eigenvalue weighted by molar-refractivity contribution is 5.94. The number of ether oxygens (including phenoxy) is 3. The van der Waals surface area contributed by atoms with Crippen LogP contribution in [0, 0.1) is 11.3 Å². The minimum absolute atomic E-state index is 0.104. The van der Waals surface area contributed by atoms with Gasteiger partial charge in [0.15, 0.2) is 11.5 Å². The number of amides is 1. The summed E-state index contributed by atoms with van der Waals surface area (Å²) in [5.74, 6) is 1.20. The number of benzene rings is 2. The van der Waals surface area contributed by atoms with Crippen molar-refractivity contribution in [3.05, 3.63) is 59.7 Å². The maximum absolute atomic E-state index is 12.7. The van der Waals surface area contributed by atoms with Crippen molar-refractivity contribution in [2.45, 2.75) is 6.10 Å². The molecule has 0 bridgehead atoms. The van der Waals surface area contributed by atoms with E-state index in [1.165, 1.54) is 0 Å². The molecular weight excluding hydrogens is 332 g/mol. The number of morpholine rings is 1. The molecule has 134 valence electrons. The minimum Gasteiger partial charge on any atom is -0.493 e. The molecule has 1 atom stereocenters. The lowest BCUT2D eigenvalue weighted by molar-refractivity contribution is -0.0403. The number of hydrogen-bond donors (Lipinski definition) is 0. The molecule has 0 spiro atoms. The Kier molecular flexibility index (Phi) is 5.72. The number of hydrogen-bond acceptors (Lipinski definition) is 5. The molecule has 6 nitrogen and oxygen atoms in total. The molecular formula is C20H20N2O4. The van der Waals surface area contributed by atoms with Crippen LogP contribution in [0.5, 0.6) is 11.5 Å². The van der Waals surface area contributed by atoms with Gasteiger partial charge in [0.1, 0.15) is 12.7 Å². The Balaban J connectivity index is 1.62. The van der Waals surface area contributed by atoms with Crippen LogP contribution in [0.3, 0.4) is 0 Å². The number of nitriles is 1. The van der Waals surface area contributed by atoms with Crippen LogP contribution in [0.25, 0.3) is 0 Å². The van der Waals surface area contributed by atoms with Crippen LogP contribution in [0.1, 0.15) is 15.9 Å². The number of carbonyl (C=O) groups excluding carboxylic acids is 1. The summed E-state index contributed by atoms with van der Waals surface area (Å²) in [6, 6.07) is 16.2. The van der Waals surface area contributed by atoms with Crippen molar-refractivity contribution in [2.75, 3.05) is 33.4 Å². The van der Waals surface area contributed by atoms with Gasteiger partial charge in [0.25, 0.3) is 5.91 Å². The lowest BCUT2D eigenvalue weighted by atomic mass is 10.1. The molecule has 1 saturated heterocycles. The molecule has 1 heterocycles. The van der Waals surface area contributed by atoms with E-state index in [0.717, 1.165) is 0 Å². The fourth-order valence-electron chi connectivity index (χ4n) is 2.83. The van der Waals surface area contributed by atoms with Crippen LogP contribution in [-0.4, -0.2) is 50.3 Å². The number of carbonyl (C=O) groups is 1. The van der Waals surface area contributed by atoms with Crippen LogP contribution in [-0.2, 0) is 4.74 Å². The van der Waals surface area contributed by atoms with Crippen molar-refractivity contribution in [3.8, 4) is 17.6 Å². The number of rotatable bonds is 5. The number of methoxy groups -OCH3 is 1. The summed E-state index contributed by atoms with van der Waals surface area (Å²) in [4.78, 5) is 14.4. The highest BCUT2D eigenvalue weighted by Gasteiger charge is 2.26. The second-order valence-electron chi connectivity index (χ2n) is 5.90. The normalized spacial score (nSPS) is 16.6. The molecule has 2 aromatic rings. The van der Waals surface area contributed by atoms with Crippen LogP contribution in [0.2, 0.25) is 0 Å². The monoisotopic (exact) mass is 352 g/mol. The van der Waals surface area contributed by atoms with Crippen molar-refractivity contribution >= 4 is 5.91 Å². The topological polar surface area (TPSA) is 71.8 Å². The van der Waals surface area contributed by atoms with Crippen molar-refractivity contribution in [1.82, 2.24) is 4.90 Å². The zero-order valence-corrected chi connectivity index (χ0v) is 14.6.